The fourth-order valence-electron chi connectivity index (χ4n) is 3.83. The van der Waals surface area contributed by atoms with Crippen molar-refractivity contribution in [1.82, 2.24) is 9.88 Å². The summed E-state index contributed by atoms with van der Waals surface area (Å²) in [5.74, 6) is -0.383. The molecule has 3 N–H and O–H groups in total. The molecule has 1 fully saturated rings. The molecule has 6 nitrogen and oxygen atoms in total. The third kappa shape index (κ3) is 5.58. The van der Waals surface area contributed by atoms with E-state index in [2.05, 4.69) is 31.1 Å². The summed E-state index contributed by atoms with van der Waals surface area (Å²) in [6.07, 6.45) is 1.99. The Bertz CT molecular complexity index is 1100. The standard InChI is InChI=1S/C23H23BrN4O2S/c24-17-6-2-5-16(11-17)23-27-19(14-31-23)12-21(29)26-18-7-1-4-15(10-18)13-28-9-3-8-20(28)22(25)30/h1-2,4-7,10-11,14,20H,3,8-9,12-13H2,(H2,25,30)(H,26,29). The van der Waals surface area contributed by atoms with Crippen LogP contribution in [0.25, 0.3) is 10.6 Å². The Hall–Kier alpha value is -2.55. The lowest BCUT2D eigenvalue weighted by Crippen LogP contribution is -2.39. The van der Waals surface area contributed by atoms with Crippen LogP contribution in [0.4, 0.5) is 5.69 Å². The first-order valence-electron chi connectivity index (χ1n) is 10.1. The zero-order chi connectivity index (χ0) is 21.8. The summed E-state index contributed by atoms with van der Waals surface area (Å²) >= 11 is 5.00. The summed E-state index contributed by atoms with van der Waals surface area (Å²) in [5, 5.41) is 5.77. The molecule has 1 aliphatic heterocycles. The molecule has 1 unspecified atom stereocenters. The molecule has 0 bridgehead atoms. The van der Waals surface area contributed by atoms with Gasteiger partial charge in [0.1, 0.15) is 5.01 Å². The molecule has 0 aliphatic carbocycles. The van der Waals surface area contributed by atoms with Crippen LogP contribution in [-0.4, -0.2) is 34.3 Å². The zero-order valence-corrected chi connectivity index (χ0v) is 19.3. The van der Waals surface area contributed by atoms with E-state index in [1.165, 1.54) is 11.3 Å². The number of nitrogens with zero attached hydrogens (tertiary/aromatic N) is 2. The fourth-order valence-corrected chi connectivity index (χ4v) is 5.05. The van der Waals surface area contributed by atoms with Crippen molar-refractivity contribution in [3.8, 4) is 10.6 Å². The van der Waals surface area contributed by atoms with E-state index < -0.39 is 0 Å². The quantitative estimate of drug-likeness (QED) is 0.510. The smallest absolute Gasteiger partial charge is 0.234 e. The van der Waals surface area contributed by atoms with Gasteiger partial charge >= 0.3 is 0 Å². The van der Waals surface area contributed by atoms with Crippen LogP contribution in [0.1, 0.15) is 24.1 Å². The van der Waals surface area contributed by atoms with Crippen LogP contribution < -0.4 is 11.1 Å². The summed E-state index contributed by atoms with van der Waals surface area (Å²) < 4.78 is 0.996. The highest BCUT2D eigenvalue weighted by Crippen LogP contribution is 2.26. The number of benzene rings is 2. The molecule has 4 rings (SSSR count). The van der Waals surface area contributed by atoms with E-state index >= 15 is 0 Å². The van der Waals surface area contributed by atoms with Gasteiger partial charge in [-0.05, 0) is 49.2 Å². The van der Waals surface area contributed by atoms with Crippen LogP contribution in [0.2, 0.25) is 0 Å². The van der Waals surface area contributed by atoms with Gasteiger partial charge in [0.15, 0.2) is 0 Å². The maximum absolute atomic E-state index is 12.6. The summed E-state index contributed by atoms with van der Waals surface area (Å²) in [5.41, 5.74) is 9.05. The highest BCUT2D eigenvalue weighted by Gasteiger charge is 2.28. The number of thiazole rings is 1. The normalized spacial score (nSPS) is 16.4. The van der Waals surface area contributed by atoms with Crippen LogP contribution in [0.3, 0.4) is 0 Å². The molecule has 2 aromatic carbocycles. The number of rotatable bonds is 7. The molecule has 1 aromatic heterocycles. The molecule has 0 saturated carbocycles. The second-order valence-corrected chi connectivity index (χ2v) is 9.38. The van der Waals surface area contributed by atoms with Crippen molar-refractivity contribution in [3.05, 3.63) is 69.6 Å². The third-order valence-corrected chi connectivity index (χ3v) is 6.69. The van der Waals surface area contributed by atoms with Gasteiger partial charge in [-0.2, -0.15) is 0 Å². The van der Waals surface area contributed by atoms with Gasteiger partial charge in [0.05, 0.1) is 18.2 Å². The summed E-state index contributed by atoms with van der Waals surface area (Å²) in [6, 6.07) is 15.5. The van der Waals surface area contributed by atoms with Crippen molar-refractivity contribution in [2.24, 2.45) is 5.73 Å². The number of hydrogen-bond donors (Lipinski definition) is 2. The van der Waals surface area contributed by atoms with E-state index in [1.807, 2.05) is 53.9 Å². The minimum absolute atomic E-state index is 0.112. The largest absolute Gasteiger partial charge is 0.368 e. The number of aromatic nitrogens is 1. The Morgan fingerprint density at radius 3 is 2.87 bits per heavy atom. The Balaban J connectivity index is 1.37. The number of nitrogens with one attached hydrogen (secondary N) is 1. The van der Waals surface area contributed by atoms with Crippen molar-refractivity contribution in [2.75, 3.05) is 11.9 Å². The highest BCUT2D eigenvalue weighted by molar-refractivity contribution is 9.10. The lowest BCUT2D eigenvalue weighted by Gasteiger charge is -2.22. The van der Waals surface area contributed by atoms with Crippen molar-refractivity contribution in [3.63, 3.8) is 0 Å². The van der Waals surface area contributed by atoms with E-state index in [0.717, 1.165) is 51.4 Å². The number of nitrogens with two attached hydrogens (primary N) is 1. The van der Waals surface area contributed by atoms with Gasteiger partial charge in [0.2, 0.25) is 11.8 Å². The number of likely N-dealkylation sites (tertiary alicyclic amines) is 1. The average Bonchev–Trinajstić information content (AvgIpc) is 3.38. The average molecular weight is 499 g/mol. The molecule has 8 heteroatoms. The van der Waals surface area contributed by atoms with Gasteiger partial charge in [0.25, 0.3) is 0 Å². The van der Waals surface area contributed by atoms with Gasteiger partial charge in [0, 0.05) is 27.6 Å². The second-order valence-electron chi connectivity index (χ2n) is 7.61. The minimum atomic E-state index is -0.271. The van der Waals surface area contributed by atoms with Gasteiger partial charge < -0.3 is 11.1 Å². The van der Waals surface area contributed by atoms with E-state index in [9.17, 15) is 9.59 Å². The Labute approximate surface area is 193 Å². The molecular weight excluding hydrogens is 476 g/mol. The first-order valence-corrected chi connectivity index (χ1v) is 11.8. The number of hydrogen-bond acceptors (Lipinski definition) is 5. The summed E-state index contributed by atoms with van der Waals surface area (Å²) in [4.78, 5) is 30.9. The lowest BCUT2D eigenvalue weighted by molar-refractivity contribution is -0.122. The fraction of sp³-hybridized carbons (Fsp3) is 0.261. The number of anilines is 1. The maximum Gasteiger partial charge on any atom is 0.234 e. The Kier molecular flexibility index (Phi) is 6.80. The van der Waals surface area contributed by atoms with Crippen LogP contribution in [0.15, 0.2) is 58.4 Å². The topological polar surface area (TPSA) is 88.3 Å². The molecule has 160 valence electrons. The molecule has 1 saturated heterocycles. The zero-order valence-electron chi connectivity index (χ0n) is 16.9. The van der Waals surface area contributed by atoms with Crippen molar-refractivity contribution < 1.29 is 9.59 Å². The summed E-state index contributed by atoms with van der Waals surface area (Å²) in [7, 11) is 0. The molecule has 1 atom stereocenters. The van der Waals surface area contributed by atoms with Crippen LogP contribution in [0, 0.1) is 0 Å². The molecule has 31 heavy (non-hydrogen) atoms. The first-order chi connectivity index (χ1) is 15.0. The number of carbonyl (C=O) groups is 2. The molecule has 0 spiro atoms. The maximum atomic E-state index is 12.6. The number of carbonyl (C=O) groups excluding carboxylic acids is 2. The molecule has 3 aromatic rings. The van der Waals surface area contributed by atoms with Crippen molar-refractivity contribution in [2.45, 2.75) is 31.8 Å². The van der Waals surface area contributed by atoms with Crippen molar-refractivity contribution in [1.29, 1.82) is 0 Å². The first kappa shape index (κ1) is 21.7. The molecule has 2 heterocycles. The van der Waals surface area contributed by atoms with Gasteiger partial charge in [-0.25, -0.2) is 4.98 Å². The predicted octanol–water partition coefficient (Wildman–Crippen LogP) is 4.20. The van der Waals surface area contributed by atoms with E-state index in [1.54, 1.807) is 0 Å². The highest BCUT2D eigenvalue weighted by atomic mass is 79.9. The van der Waals surface area contributed by atoms with E-state index in [4.69, 9.17) is 5.73 Å². The van der Waals surface area contributed by atoms with E-state index in [0.29, 0.717) is 6.54 Å². The minimum Gasteiger partial charge on any atom is -0.368 e. The van der Waals surface area contributed by atoms with Gasteiger partial charge in [-0.15, -0.1) is 11.3 Å². The molecular formula is C23H23BrN4O2S. The summed E-state index contributed by atoms with van der Waals surface area (Å²) in [6.45, 7) is 1.49. The monoisotopic (exact) mass is 498 g/mol. The lowest BCUT2D eigenvalue weighted by atomic mass is 10.1. The molecule has 1 aliphatic rings. The Morgan fingerprint density at radius 1 is 1.23 bits per heavy atom. The third-order valence-electron chi connectivity index (χ3n) is 5.25. The van der Waals surface area contributed by atoms with E-state index in [-0.39, 0.29) is 24.3 Å². The van der Waals surface area contributed by atoms with Crippen molar-refractivity contribution >= 4 is 44.8 Å². The second kappa shape index (κ2) is 9.72. The van der Waals surface area contributed by atoms with Crippen LogP contribution in [-0.2, 0) is 22.6 Å². The number of amides is 2. The Morgan fingerprint density at radius 2 is 2.06 bits per heavy atom. The number of primary amides is 1. The van der Waals surface area contributed by atoms with Gasteiger partial charge in [-0.3, -0.25) is 14.5 Å². The molecule has 0 radical (unpaired) electrons. The molecule has 2 amide bonds. The predicted molar refractivity (Wildman–Crippen MR) is 127 cm³/mol. The van der Waals surface area contributed by atoms with Crippen LogP contribution in [0.5, 0.6) is 0 Å². The SMILES string of the molecule is NC(=O)C1CCCN1Cc1cccc(NC(=O)Cc2csc(-c3cccc(Br)c3)n2)c1. The van der Waals surface area contributed by atoms with Gasteiger partial charge in [-0.1, -0.05) is 40.2 Å². The van der Waals surface area contributed by atoms with Crippen LogP contribution >= 0.6 is 27.3 Å². The number of halogens is 1.